The summed E-state index contributed by atoms with van der Waals surface area (Å²) in [5, 5.41) is 11.8. The Labute approximate surface area is 121 Å². The van der Waals surface area contributed by atoms with Gasteiger partial charge in [0.25, 0.3) is 5.56 Å². The number of fused-ring (bicyclic) bond motifs is 1. The standard InChI is InChI=1S/C14H17N5O2/c1-2-12-9-18(3-4-21-12)8-11-5-13(20)19-14(17-11)10(6-15)7-16-19/h5,7,12,16H,2-4,8-9H2,1H3/t12-/m1/s1. The number of rotatable bonds is 3. The first kappa shape index (κ1) is 13.8. The van der Waals surface area contributed by atoms with Crippen LogP contribution in [0.4, 0.5) is 0 Å². The smallest absolute Gasteiger partial charge is 0.272 e. The van der Waals surface area contributed by atoms with E-state index in [2.05, 4.69) is 21.9 Å². The molecule has 0 aromatic carbocycles. The first-order valence-electron chi connectivity index (χ1n) is 7.05. The molecule has 2 aromatic rings. The van der Waals surface area contributed by atoms with E-state index in [1.807, 2.05) is 6.07 Å². The summed E-state index contributed by atoms with van der Waals surface area (Å²) in [5.41, 5.74) is 1.26. The highest BCUT2D eigenvalue weighted by Crippen LogP contribution is 2.12. The van der Waals surface area contributed by atoms with Crippen LogP contribution < -0.4 is 5.56 Å². The van der Waals surface area contributed by atoms with Gasteiger partial charge >= 0.3 is 0 Å². The fourth-order valence-corrected chi connectivity index (χ4v) is 2.59. The molecule has 1 N–H and O–H groups in total. The van der Waals surface area contributed by atoms with Crippen LogP contribution in [-0.4, -0.2) is 45.3 Å². The summed E-state index contributed by atoms with van der Waals surface area (Å²) in [4.78, 5) is 18.7. The Morgan fingerprint density at radius 2 is 2.48 bits per heavy atom. The minimum absolute atomic E-state index is 0.197. The van der Waals surface area contributed by atoms with Crippen molar-refractivity contribution in [2.75, 3.05) is 19.7 Å². The highest BCUT2D eigenvalue weighted by molar-refractivity contribution is 5.53. The number of morpholine rings is 1. The molecule has 0 unspecified atom stereocenters. The van der Waals surface area contributed by atoms with Crippen LogP contribution in [0.2, 0.25) is 0 Å². The predicted molar refractivity (Wildman–Crippen MR) is 75.8 cm³/mol. The normalized spacial score (nSPS) is 19.7. The molecule has 7 nitrogen and oxygen atoms in total. The maximum absolute atomic E-state index is 12.0. The Morgan fingerprint density at radius 3 is 3.24 bits per heavy atom. The van der Waals surface area contributed by atoms with E-state index >= 15 is 0 Å². The van der Waals surface area contributed by atoms with Gasteiger partial charge in [0.05, 0.1) is 18.4 Å². The second-order valence-electron chi connectivity index (χ2n) is 5.18. The first-order chi connectivity index (χ1) is 10.2. The van der Waals surface area contributed by atoms with Gasteiger partial charge in [0.1, 0.15) is 11.6 Å². The van der Waals surface area contributed by atoms with E-state index in [9.17, 15) is 4.79 Å². The second kappa shape index (κ2) is 5.68. The zero-order chi connectivity index (χ0) is 14.8. The van der Waals surface area contributed by atoms with E-state index in [4.69, 9.17) is 10.00 Å². The van der Waals surface area contributed by atoms with Crippen LogP contribution in [0.15, 0.2) is 17.1 Å². The molecule has 0 aliphatic carbocycles. The van der Waals surface area contributed by atoms with Crippen LogP contribution in [0.1, 0.15) is 24.6 Å². The highest BCUT2D eigenvalue weighted by Gasteiger charge is 2.20. The van der Waals surface area contributed by atoms with Gasteiger partial charge in [-0.25, -0.2) is 9.50 Å². The number of nitrogens with zero attached hydrogens (tertiary/aromatic N) is 4. The van der Waals surface area contributed by atoms with Gasteiger partial charge < -0.3 is 4.74 Å². The van der Waals surface area contributed by atoms with Crippen LogP contribution in [-0.2, 0) is 11.3 Å². The Kier molecular flexibility index (Phi) is 3.73. The zero-order valence-electron chi connectivity index (χ0n) is 11.9. The van der Waals surface area contributed by atoms with E-state index in [1.165, 1.54) is 16.8 Å². The van der Waals surface area contributed by atoms with Crippen molar-refractivity contribution in [3.8, 4) is 6.07 Å². The Balaban J connectivity index is 1.87. The maximum Gasteiger partial charge on any atom is 0.272 e. The number of hydrogen-bond donors (Lipinski definition) is 1. The SMILES string of the molecule is CC[C@@H]1CN(Cc2cc(=O)n3[nH]cc(C#N)c3n2)CCO1. The molecule has 1 aliphatic rings. The van der Waals surface area contributed by atoms with E-state index in [0.29, 0.717) is 30.1 Å². The number of H-pyrrole nitrogens is 1. The lowest BCUT2D eigenvalue weighted by Gasteiger charge is -2.32. The average molecular weight is 287 g/mol. The van der Waals surface area contributed by atoms with Gasteiger partial charge in [-0.3, -0.25) is 14.8 Å². The van der Waals surface area contributed by atoms with Gasteiger partial charge in [-0.15, -0.1) is 0 Å². The van der Waals surface area contributed by atoms with E-state index < -0.39 is 0 Å². The number of aromatic nitrogens is 3. The molecule has 0 spiro atoms. The first-order valence-corrected chi connectivity index (χ1v) is 7.05. The van der Waals surface area contributed by atoms with Gasteiger partial charge in [0, 0.05) is 31.9 Å². The quantitative estimate of drug-likeness (QED) is 0.888. The summed E-state index contributed by atoms with van der Waals surface area (Å²) in [6, 6.07) is 3.55. The molecule has 0 amide bonds. The molecule has 3 rings (SSSR count). The van der Waals surface area contributed by atoms with Crippen molar-refractivity contribution >= 4 is 5.65 Å². The molecule has 110 valence electrons. The van der Waals surface area contributed by atoms with Gasteiger partial charge in [-0.2, -0.15) is 5.26 Å². The lowest BCUT2D eigenvalue weighted by Crippen LogP contribution is -2.41. The van der Waals surface area contributed by atoms with Crippen LogP contribution in [0.3, 0.4) is 0 Å². The molecule has 1 aliphatic heterocycles. The molecular formula is C14H17N5O2. The van der Waals surface area contributed by atoms with Crippen molar-refractivity contribution in [1.29, 1.82) is 5.26 Å². The van der Waals surface area contributed by atoms with Crippen LogP contribution >= 0.6 is 0 Å². The van der Waals surface area contributed by atoms with Crippen molar-refractivity contribution in [3.05, 3.63) is 33.9 Å². The number of nitriles is 1. The highest BCUT2D eigenvalue weighted by atomic mass is 16.5. The Morgan fingerprint density at radius 1 is 1.62 bits per heavy atom. The van der Waals surface area contributed by atoms with Crippen LogP contribution in [0.25, 0.3) is 5.65 Å². The van der Waals surface area contributed by atoms with Crippen LogP contribution in [0, 0.1) is 11.3 Å². The molecular weight excluding hydrogens is 270 g/mol. The minimum Gasteiger partial charge on any atom is -0.376 e. The number of nitrogens with one attached hydrogen (secondary N) is 1. The number of ether oxygens (including phenoxy) is 1. The van der Waals surface area contributed by atoms with Gasteiger partial charge in [-0.05, 0) is 6.42 Å². The van der Waals surface area contributed by atoms with E-state index in [1.54, 1.807) is 0 Å². The lowest BCUT2D eigenvalue weighted by atomic mass is 10.2. The summed E-state index contributed by atoms with van der Waals surface area (Å²) >= 11 is 0. The largest absolute Gasteiger partial charge is 0.376 e. The van der Waals surface area contributed by atoms with Crippen molar-refractivity contribution in [3.63, 3.8) is 0 Å². The van der Waals surface area contributed by atoms with Gasteiger partial charge in [0.15, 0.2) is 5.65 Å². The molecule has 0 radical (unpaired) electrons. The fraction of sp³-hybridized carbons (Fsp3) is 0.500. The third-order valence-corrected chi connectivity index (χ3v) is 3.73. The van der Waals surface area contributed by atoms with Crippen LogP contribution in [0.5, 0.6) is 0 Å². The Hall–Kier alpha value is -2.17. The number of hydrogen-bond acceptors (Lipinski definition) is 5. The summed E-state index contributed by atoms with van der Waals surface area (Å²) in [7, 11) is 0. The lowest BCUT2D eigenvalue weighted by molar-refractivity contribution is -0.0328. The monoisotopic (exact) mass is 287 g/mol. The molecule has 2 aromatic heterocycles. The topological polar surface area (TPSA) is 86.4 Å². The second-order valence-corrected chi connectivity index (χ2v) is 5.18. The van der Waals surface area contributed by atoms with E-state index in [0.717, 1.165) is 19.5 Å². The summed E-state index contributed by atoms with van der Waals surface area (Å²) < 4.78 is 6.93. The molecule has 1 atom stereocenters. The van der Waals surface area contributed by atoms with Gasteiger partial charge in [0.2, 0.25) is 0 Å². The summed E-state index contributed by atoms with van der Waals surface area (Å²) in [6.45, 7) is 5.07. The molecule has 7 heteroatoms. The van der Waals surface area contributed by atoms with Crippen molar-refractivity contribution in [1.82, 2.24) is 19.5 Å². The molecule has 3 heterocycles. The summed E-state index contributed by atoms with van der Waals surface area (Å²) in [5.74, 6) is 0. The average Bonchev–Trinajstić information content (AvgIpc) is 2.91. The fourth-order valence-electron chi connectivity index (χ4n) is 2.59. The third-order valence-electron chi connectivity index (χ3n) is 3.73. The zero-order valence-corrected chi connectivity index (χ0v) is 11.9. The molecule has 21 heavy (non-hydrogen) atoms. The van der Waals surface area contributed by atoms with E-state index in [-0.39, 0.29) is 11.7 Å². The van der Waals surface area contributed by atoms with Crippen molar-refractivity contribution in [2.45, 2.75) is 26.0 Å². The molecule has 0 bridgehead atoms. The number of aromatic amines is 1. The predicted octanol–water partition coefficient (Wildman–Crippen LogP) is 0.505. The van der Waals surface area contributed by atoms with Crippen molar-refractivity contribution < 1.29 is 4.74 Å². The molecule has 0 saturated carbocycles. The maximum atomic E-state index is 12.0. The minimum atomic E-state index is -0.197. The van der Waals surface area contributed by atoms with Crippen molar-refractivity contribution in [2.24, 2.45) is 0 Å². The van der Waals surface area contributed by atoms with Gasteiger partial charge in [-0.1, -0.05) is 6.92 Å². The Bertz CT molecular complexity index is 742. The third kappa shape index (κ3) is 2.68. The molecule has 1 saturated heterocycles. The molecule has 1 fully saturated rings. The summed E-state index contributed by atoms with van der Waals surface area (Å²) in [6.07, 6.45) is 2.71.